The van der Waals surface area contributed by atoms with Gasteiger partial charge in [-0.25, -0.2) is 4.79 Å². The number of carbonyl (C=O) groups is 3. The molecular weight excluding hydrogens is 346 g/mol. The molecule has 1 unspecified atom stereocenters. The number of likely N-dealkylation sites (N-methyl/N-ethyl adjacent to an activating group) is 1. The normalized spacial score (nSPS) is 23.3. The van der Waals surface area contributed by atoms with E-state index in [1.807, 2.05) is 0 Å². The predicted molar refractivity (Wildman–Crippen MR) is 100 cm³/mol. The van der Waals surface area contributed by atoms with E-state index in [0.29, 0.717) is 11.3 Å². The Bertz CT molecular complexity index is 727. The smallest absolute Gasteiger partial charge is 0.325 e. The Morgan fingerprint density at radius 1 is 1.22 bits per heavy atom. The van der Waals surface area contributed by atoms with Crippen molar-refractivity contribution >= 4 is 17.8 Å². The fourth-order valence-electron chi connectivity index (χ4n) is 3.88. The summed E-state index contributed by atoms with van der Waals surface area (Å²) >= 11 is 0. The molecule has 1 aromatic rings. The molecule has 4 amide bonds. The summed E-state index contributed by atoms with van der Waals surface area (Å²) in [4.78, 5) is 40.8. The highest BCUT2D eigenvalue weighted by Gasteiger charge is 2.49. The molecule has 1 heterocycles. The highest BCUT2D eigenvalue weighted by Crippen LogP contribution is 2.30. The molecular formula is C20H27N3O4. The van der Waals surface area contributed by atoms with Gasteiger partial charge in [0.25, 0.3) is 5.91 Å². The second kappa shape index (κ2) is 7.58. The lowest BCUT2D eigenvalue weighted by atomic mass is 9.92. The number of hydrogen-bond acceptors (Lipinski definition) is 4. The third-order valence-electron chi connectivity index (χ3n) is 5.75. The molecule has 1 saturated carbocycles. The average molecular weight is 373 g/mol. The van der Waals surface area contributed by atoms with E-state index in [9.17, 15) is 14.4 Å². The molecule has 7 nitrogen and oxygen atoms in total. The molecule has 7 heteroatoms. The fourth-order valence-corrected chi connectivity index (χ4v) is 3.88. The number of rotatable bonds is 5. The van der Waals surface area contributed by atoms with Crippen molar-refractivity contribution in [2.75, 3.05) is 20.7 Å². The van der Waals surface area contributed by atoms with Gasteiger partial charge < -0.3 is 15.0 Å². The molecule has 0 radical (unpaired) electrons. The molecule has 2 fully saturated rings. The van der Waals surface area contributed by atoms with E-state index >= 15 is 0 Å². The molecule has 0 aromatic heterocycles. The number of benzene rings is 1. The second-order valence-electron chi connectivity index (χ2n) is 7.47. The Hall–Kier alpha value is -2.57. The van der Waals surface area contributed by atoms with Crippen LogP contribution in [0.15, 0.2) is 24.3 Å². The zero-order valence-corrected chi connectivity index (χ0v) is 16.2. The van der Waals surface area contributed by atoms with Crippen LogP contribution in [0.3, 0.4) is 0 Å². The van der Waals surface area contributed by atoms with Crippen LogP contribution in [0.2, 0.25) is 0 Å². The average Bonchev–Trinajstić information content (AvgIpc) is 2.92. The number of imide groups is 1. The first-order valence-corrected chi connectivity index (χ1v) is 9.41. The van der Waals surface area contributed by atoms with Crippen LogP contribution in [0, 0.1) is 0 Å². The molecule has 3 rings (SSSR count). The maximum absolute atomic E-state index is 13.0. The van der Waals surface area contributed by atoms with Crippen molar-refractivity contribution in [3.63, 3.8) is 0 Å². The van der Waals surface area contributed by atoms with Gasteiger partial charge in [0.1, 0.15) is 17.8 Å². The summed E-state index contributed by atoms with van der Waals surface area (Å²) in [6.07, 6.45) is 5.38. The van der Waals surface area contributed by atoms with E-state index in [0.717, 1.165) is 30.6 Å². The van der Waals surface area contributed by atoms with Crippen molar-refractivity contribution in [1.29, 1.82) is 0 Å². The van der Waals surface area contributed by atoms with E-state index in [2.05, 4.69) is 5.32 Å². The van der Waals surface area contributed by atoms with Crippen LogP contribution in [-0.2, 0) is 15.1 Å². The van der Waals surface area contributed by atoms with Gasteiger partial charge in [0.05, 0.1) is 7.11 Å². The van der Waals surface area contributed by atoms with Gasteiger partial charge in [-0.15, -0.1) is 0 Å². The van der Waals surface area contributed by atoms with Gasteiger partial charge in [0, 0.05) is 13.1 Å². The highest BCUT2D eigenvalue weighted by atomic mass is 16.5. The maximum Gasteiger partial charge on any atom is 0.325 e. The summed E-state index contributed by atoms with van der Waals surface area (Å²) < 4.78 is 5.14. The Morgan fingerprint density at radius 2 is 1.85 bits per heavy atom. The van der Waals surface area contributed by atoms with Gasteiger partial charge in [0.15, 0.2) is 0 Å². The third kappa shape index (κ3) is 3.63. The molecule has 0 bridgehead atoms. The molecule has 2 aliphatic rings. The lowest BCUT2D eigenvalue weighted by molar-refractivity contribution is -0.139. The molecule has 1 aliphatic carbocycles. The summed E-state index contributed by atoms with van der Waals surface area (Å²) in [5.41, 5.74) is -0.537. The number of methoxy groups -OCH3 is 1. The van der Waals surface area contributed by atoms with Gasteiger partial charge >= 0.3 is 6.03 Å². The molecule has 1 saturated heterocycles. The van der Waals surface area contributed by atoms with Crippen molar-refractivity contribution in [3.8, 4) is 5.75 Å². The zero-order valence-electron chi connectivity index (χ0n) is 16.2. The van der Waals surface area contributed by atoms with Crippen molar-refractivity contribution < 1.29 is 19.1 Å². The van der Waals surface area contributed by atoms with Crippen molar-refractivity contribution in [3.05, 3.63) is 29.8 Å². The minimum atomic E-state index is -1.19. The first-order chi connectivity index (χ1) is 12.9. The third-order valence-corrected chi connectivity index (χ3v) is 5.75. The minimum Gasteiger partial charge on any atom is -0.497 e. The van der Waals surface area contributed by atoms with Gasteiger partial charge in [-0.1, -0.05) is 31.4 Å². The molecule has 0 spiro atoms. The first-order valence-electron chi connectivity index (χ1n) is 9.41. The number of nitrogens with one attached hydrogen (secondary N) is 1. The molecule has 27 heavy (non-hydrogen) atoms. The van der Waals surface area contributed by atoms with Gasteiger partial charge in [0.2, 0.25) is 5.91 Å². The summed E-state index contributed by atoms with van der Waals surface area (Å²) in [5.74, 6) is 0.0488. The Morgan fingerprint density at radius 3 is 2.44 bits per heavy atom. The second-order valence-corrected chi connectivity index (χ2v) is 7.47. The van der Waals surface area contributed by atoms with E-state index in [1.165, 1.54) is 6.42 Å². The summed E-state index contributed by atoms with van der Waals surface area (Å²) in [6, 6.07) is 6.63. The van der Waals surface area contributed by atoms with Crippen LogP contribution in [0.5, 0.6) is 5.75 Å². The zero-order chi connectivity index (χ0) is 19.6. The van der Waals surface area contributed by atoms with Gasteiger partial charge in [-0.05, 0) is 37.5 Å². The Kier molecular flexibility index (Phi) is 5.39. The number of urea groups is 1. The topological polar surface area (TPSA) is 79.0 Å². The Balaban J connectivity index is 1.72. The molecule has 146 valence electrons. The monoisotopic (exact) mass is 373 g/mol. The predicted octanol–water partition coefficient (Wildman–Crippen LogP) is 2.25. The summed E-state index contributed by atoms with van der Waals surface area (Å²) in [7, 11) is 3.33. The highest BCUT2D eigenvalue weighted by molar-refractivity contribution is 6.09. The number of ether oxygens (including phenoxy) is 1. The van der Waals surface area contributed by atoms with E-state index in [1.54, 1.807) is 50.2 Å². The Labute approximate surface area is 159 Å². The molecule has 1 aliphatic heterocycles. The minimum absolute atomic E-state index is 0.194. The fraction of sp³-hybridized carbons (Fsp3) is 0.550. The van der Waals surface area contributed by atoms with Gasteiger partial charge in [-0.3, -0.25) is 14.5 Å². The first kappa shape index (κ1) is 19.2. The van der Waals surface area contributed by atoms with Crippen LogP contribution < -0.4 is 10.1 Å². The van der Waals surface area contributed by atoms with Crippen molar-refractivity contribution in [1.82, 2.24) is 15.1 Å². The van der Waals surface area contributed by atoms with E-state index in [4.69, 9.17) is 4.74 Å². The van der Waals surface area contributed by atoms with Crippen molar-refractivity contribution in [2.45, 2.75) is 50.6 Å². The van der Waals surface area contributed by atoms with E-state index in [-0.39, 0.29) is 18.5 Å². The lowest BCUT2D eigenvalue weighted by Gasteiger charge is -2.32. The van der Waals surface area contributed by atoms with Crippen LogP contribution in [-0.4, -0.2) is 54.4 Å². The van der Waals surface area contributed by atoms with Crippen molar-refractivity contribution in [2.24, 2.45) is 0 Å². The van der Waals surface area contributed by atoms with Crippen LogP contribution in [0.4, 0.5) is 4.79 Å². The standard InChI is InChI=1S/C20H27N3O4/c1-20(14-9-11-16(27-3)12-10-14)18(25)23(19(26)21-20)13-17(24)22(2)15-7-5-4-6-8-15/h9-12,15H,4-8,13H2,1-3H3,(H,21,26). The number of hydrogen-bond donors (Lipinski definition) is 1. The summed E-state index contributed by atoms with van der Waals surface area (Å²) in [5, 5.41) is 2.73. The van der Waals surface area contributed by atoms with E-state index < -0.39 is 17.5 Å². The largest absolute Gasteiger partial charge is 0.497 e. The maximum atomic E-state index is 13.0. The SMILES string of the molecule is COc1ccc(C2(C)NC(=O)N(CC(=O)N(C)C3CCCCC3)C2=O)cc1. The quantitative estimate of drug-likeness (QED) is 0.803. The summed E-state index contributed by atoms with van der Waals surface area (Å²) in [6.45, 7) is 1.42. The van der Waals surface area contributed by atoms with Gasteiger partial charge in [-0.2, -0.15) is 0 Å². The van der Waals surface area contributed by atoms with Crippen LogP contribution in [0.25, 0.3) is 0 Å². The number of amides is 4. The van der Waals surface area contributed by atoms with Crippen LogP contribution >= 0.6 is 0 Å². The number of nitrogens with zero attached hydrogens (tertiary/aromatic N) is 2. The lowest BCUT2D eigenvalue weighted by Crippen LogP contribution is -2.46. The molecule has 1 atom stereocenters. The number of carbonyl (C=O) groups excluding carboxylic acids is 3. The van der Waals surface area contributed by atoms with Crippen LogP contribution in [0.1, 0.15) is 44.6 Å². The molecule has 1 N–H and O–H groups in total. The molecule has 1 aromatic carbocycles.